The summed E-state index contributed by atoms with van der Waals surface area (Å²) in [5.41, 5.74) is 1.69. The zero-order valence-electron chi connectivity index (χ0n) is 28.9. The Morgan fingerprint density at radius 1 is 0.674 bits per heavy atom. The summed E-state index contributed by atoms with van der Waals surface area (Å²) in [5.74, 6) is -0.463. The Morgan fingerprint density at radius 2 is 1.07 bits per heavy atom. The average Bonchev–Trinajstić information content (AvgIpc) is 3.05. The predicted octanol–water partition coefficient (Wildman–Crippen LogP) is 9.72. The van der Waals surface area contributed by atoms with E-state index in [9.17, 15) is 21.6 Å². The van der Waals surface area contributed by atoms with Gasteiger partial charge >= 0.3 is 285 Å². The van der Waals surface area contributed by atoms with Gasteiger partial charge in [0.15, 0.2) is 0 Å². The number of hydrogen-bond donors (Lipinski definition) is 0. The van der Waals surface area contributed by atoms with Gasteiger partial charge in [0.05, 0.1) is 0 Å². The van der Waals surface area contributed by atoms with Crippen LogP contribution in [0.25, 0.3) is 0 Å². The zero-order chi connectivity index (χ0) is 34.3. The normalized spacial score (nSPS) is 13.5. The molecule has 0 atom stereocenters. The van der Waals surface area contributed by atoms with Gasteiger partial charge in [0.2, 0.25) is 0 Å². The summed E-state index contributed by atoms with van der Waals surface area (Å²) in [6.07, 6.45) is 10.2. The first-order valence-corrected chi connectivity index (χ1v) is 27.9. The molecule has 0 aliphatic rings. The molecule has 0 bridgehead atoms. The van der Waals surface area contributed by atoms with Gasteiger partial charge in [0.25, 0.3) is 0 Å². The van der Waals surface area contributed by atoms with E-state index in [4.69, 9.17) is 4.74 Å². The number of hydrogen-bond acceptors (Lipinski definition) is 6. The molecule has 0 heterocycles. The van der Waals surface area contributed by atoms with Crippen molar-refractivity contribution in [2.24, 2.45) is 0 Å². The summed E-state index contributed by atoms with van der Waals surface area (Å²) >= 11 is -2.66. The second kappa shape index (κ2) is 19.2. The second-order valence-electron chi connectivity index (χ2n) is 12.8. The van der Waals surface area contributed by atoms with Crippen LogP contribution in [0.2, 0.25) is 17.7 Å². The quantitative estimate of drug-likeness (QED) is 0.0712. The Kier molecular flexibility index (Phi) is 16.8. The fourth-order valence-electron chi connectivity index (χ4n) is 6.19. The fourth-order valence-corrected chi connectivity index (χ4v) is 27.9. The van der Waals surface area contributed by atoms with Crippen LogP contribution < -0.4 is 0 Å². The van der Waals surface area contributed by atoms with Gasteiger partial charge in [-0.25, -0.2) is 0 Å². The molecular formula is C37H56O6S2Sn. The van der Waals surface area contributed by atoms with Gasteiger partial charge in [-0.2, -0.15) is 0 Å². The molecule has 0 unspecified atom stereocenters. The van der Waals surface area contributed by atoms with E-state index >= 15 is 0 Å². The van der Waals surface area contributed by atoms with Crippen molar-refractivity contribution in [3.8, 4) is 0 Å². The van der Waals surface area contributed by atoms with Crippen LogP contribution in [0, 0.1) is 0 Å². The van der Waals surface area contributed by atoms with Crippen LogP contribution in [0.15, 0.2) is 93.8 Å². The number of sulfone groups is 2. The molecule has 9 heteroatoms. The Bertz CT molecular complexity index is 1410. The average molecular weight is 780 g/mol. The van der Waals surface area contributed by atoms with Crippen molar-refractivity contribution < 1.29 is 26.4 Å². The molecule has 0 saturated heterocycles. The summed E-state index contributed by atoms with van der Waals surface area (Å²) in [6.45, 7) is 11.8. The number of allylic oxidation sites excluding steroid dienone is 3. The maximum absolute atomic E-state index is 14.8. The van der Waals surface area contributed by atoms with Crippen molar-refractivity contribution in [1.82, 2.24) is 0 Å². The standard InChI is InChI=1S/C25H29O6S2.3C4H9.Sn/c1-20(2)15-17-25(18-16-21(3)19-31-22(4)26,32(27,28)23-11-7-5-8-12-23)33(29,30)24-13-9-6-10-14-24;3*1-3-4-2;/h5-16H,1,17-19H2,2-4H3;3*1,3-4H2,2H3;/b20-15-,21-16+;;;;. The molecule has 6 nitrogen and oxygen atoms in total. The molecule has 0 spiro atoms. The molecule has 0 aliphatic heterocycles. The van der Waals surface area contributed by atoms with Crippen molar-refractivity contribution >= 4 is 44.0 Å². The molecule has 0 aromatic heterocycles. The first-order valence-electron chi connectivity index (χ1n) is 16.8. The zero-order valence-corrected chi connectivity index (χ0v) is 33.4. The Balaban J connectivity index is 2.80. The third-order valence-electron chi connectivity index (χ3n) is 8.95. The summed E-state index contributed by atoms with van der Waals surface area (Å²) in [5, 5.41) is 0. The molecule has 2 aromatic carbocycles. The molecule has 0 amide bonds. The molecule has 0 N–H and O–H groups in total. The topological polar surface area (TPSA) is 94.6 Å². The third-order valence-corrected chi connectivity index (χ3v) is 30.5. The minimum absolute atomic E-state index is 0.0334. The predicted molar refractivity (Wildman–Crippen MR) is 193 cm³/mol. The van der Waals surface area contributed by atoms with Crippen molar-refractivity contribution in [3.05, 3.63) is 84.0 Å². The van der Waals surface area contributed by atoms with Crippen LogP contribution in [0.1, 0.15) is 92.9 Å². The molecule has 2 aromatic rings. The van der Waals surface area contributed by atoms with Crippen molar-refractivity contribution in [1.29, 1.82) is 0 Å². The Labute approximate surface area is 283 Å². The SMILES string of the molecule is CCC[CH2][Sn]([CH2]CCC)([CH2]CCC)[CH2]/C(C)=C/CC(C/C=C(\C)COC(C)=O)(S(=O)(=O)c1ccccc1)S(=O)(=O)c1ccccc1. The number of ether oxygens (including phenoxy) is 1. The molecular weight excluding hydrogens is 723 g/mol. The number of unbranched alkanes of at least 4 members (excludes halogenated alkanes) is 3. The molecule has 0 fully saturated rings. The van der Waals surface area contributed by atoms with Crippen LogP contribution in [0.5, 0.6) is 0 Å². The monoisotopic (exact) mass is 780 g/mol. The minimum atomic E-state index is -4.45. The Hall–Kier alpha value is -1.91. The van der Waals surface area contributed by atoms with Gasteiger partial charge in [-0.05, 0) is 0 Å². The molecule has 0 saturated carbocycles. The fraction of sp³-hybridized carbons (Fsp3) is 0.541. The first-order chi connectivity index (χ1) is 21.8. The van der Waals surface area contributed by atoms with E-state index < -0.39 is 48.1 Å². The number of rotatable bonds is 21. The van der Waals surface area contributed by atoms with Crippen LogP contribution in [-0.2, 0) is 29.2 Å². The van der Waals surface area contributed by atoms with Gasteiger partial charge in [-0.1, -0.05) is 0 Å². The summed E-state index contributed by atoms with van der Waals surface area (Å²) < 4.78 is 66.9. The summed E-state index contributed by atoms with van der Waals surface area (Å²) in [7, 11) is -8.89. The van der Waals surface area contributed by atoms with E-state index in [1.165, 1.54) is 63.8 Å². The second-order valence-corrected chi connectivity index (χ2v) is 31.5. The summed E-state index contributed by atoms with van der Waals surface area (Å²) in [6, 6.07) is 15.8. The molecule has 2 rings (SSSR count). The van der Waals surface area contributed by atoms with Crippen molar-refractivity contribution in [2.75, 3.05) is 6.61 Å². The molecule has 0 radical (unpaired) electrons. The number of carbonyl (C=O) groups excluding carboxylic acids is 1. The first kappa shape index (κ1) is 40.3. The van der Waals surface area contributed by atoms with Crippen molar-refractivity contribution in [2.45, 2.75) is 125 Å². The molecule has 46 heavy (non-hydrogen) atoms. The van der Waals surface area contributed by atoms with Gasteiger partial charge in [0.1, 0.15) is 0 Å². The van der Waals surface area contributed by atoms with Crippen LogP contribution >= 0.6 is 0 Å². The molecule has 0 aliphatic carbocycles. The Morgan fingerprint density at radius 3 is 1.43 bits per heavy atom. The van der Waals surface area contributed by atoms with Gasteiger partial charge in [-0.3, -0.25) is 0 Å². The van der Waals surface area contributed by atoms with E-state index in [-0.39, 0.29) is 29.2 Å². The van der Waals surface area contributed by atoms with E-state index in [0.717, 1.165) is 29.3 Å². The van der Waals surface area contributed by atoms with E-state index in [0.29, 0.717) is 5.57 Å². The van der Waals surface area contributed by atoms with Gasteiger partial charge in [0, 0.05) is 0 Å². The van der Waals surface area contributed by atoms with Gasteiger partial charge in [-0.15, -0.1) is 0 Å². The number of esters is 1. The number of carbonyl (C=O) groups is 1. The number of benzene rings is 2. The van der Waals surface area contributed by atoms with E-state index in [2.05, 4.69) is 27.7 Å². The van der Waals surface area contributed by atoms with Crippen molar-refractivity contribution in [3.63, 3.8) is 0 Å². The van der Waals surface area contributed by atoms with Crippen LogP contribution in [0.3, 0.4) is 0 Å². The molecule has 256 valence electrons. The third kappa shape index (κ3) is 10.8. The summed E-state index contributed by atoms with van der Waals surface area (Å²) in [4.78, 5) is 11.4. The van der Waals surface area contributed by atoms with E-state index in [1.807, 2.05) is 6.08 Å². The van der Waals surface area contributed by atoms with Crippen LogP contribution in [-0.4, -0.2) is 51.9 Å². The van der Waals surface area contributed by atoms with Gasteiger partial charge < -0.3 is 0 Å². The van der Waals surface area contributed by atoms with E-state index in [1.54, 1.807) is 49.4 Å². The van der Waals surface area contributed by atoms with Crippen LogP contribution in [0.4, 0.5) is 0 Å². The maximum atomic E-state index is 14.8.